The number of esters is 1. The molecule has 0 unspecified atom stereocenters. The average molecular weight is 458 g/mol. The maximum absolute atomic E-state index is 12.4. The zero-order chi connectivity index (χ0) is 23.1. The van der Waals surface area contributed by atoms with Gasteiger partial charge in [-0.05, 0) is 61.0 Å². The average Bonchev–Trinajstić information content (AvgIpc) is 3.20. The van der Waals surface area contributed by atoms with Gasteiger partial charge in [-0.15, -0.1) is 0 Å². The number of halogens is 1. The van der Waals surface area contributed by atoms with E-state index in [2.05, 4.69) is 9.97 Å². The second-order valence-corrected chi connectivity index (χ2v) is 8.40. The summed E-state index contributed by atoms with van der Waals surface area (Å²) in [5, 5.41) is 7.89. The lowest BCUT2D eigenvalue weighted by atomic mass is 10.0. The molecule has 0 amide bonds. The van der Waals surface area contributed by atoms with Crippen molar-refractivity contribution in [2.75, 3.05) is 5.73 Å². The first kappa shape index (κ1) is 20.9. The number of carbonyl (C=O) groups is 1. The molecule has 8 heteroatoms. The van der Waals surface area contributed by atoms with Crippen LogP contribution >= 0.6 is 11.6 Å². The van der Waals surface area contributed by atoms with E-state index in [-0.39, 0.29) is 6.04 Å². The lowest BCUT2D eigenvalue weighted by Crippen LogP contribution is -2.08. The Morgan fingerprint density at radius 3 is 2.61 bits per heavy atom. The van der Waals surface area contributed by atoms with E-state index in [0.717, 1.165) is 27.4 Å². The molecule has 7 nitrogen and oxygen atoms in total. The molecule has 0 aliphatic carbocycles. The molecule has 0 aliphatic rings. The van der Waals surface area contributed by atoms with Crippen molar-refractivity contribution in [3.05, 3.63) is 77.6 Å². The van der Waals surface area contributed by atoms with E-state index in [1.165, 1.54) is 6.33 Å². The molecule has 0 saturated heterocycles. The van der Waals surface area contributed by atoms with E-state index in [0.29, 0.717) is 27.8 Å². The van der Waals surface area contributed by atoms with Gasteiger partial charge in [-0.25, -0.2) is 19.4 Å². The third-order valence-corrected chi connectivity index (χ3v) is 5.60. The molecule has 0 aliphatic heterocycles. The van der Waals surface area contributed by atoms with Crippen LogP contribution in [0.5, 0.6) is 5.75 Å². The summed E-state index contributed by atoms with van der Waals surface area (Å²) in [6, 6.07) is 18.2. The molecule has 2 heterocycles. The SMILES string of the molecule is CC(C)n1nc(-c2ccc3cc(OC(=O)c4cccc(Cl)c4)ccc3c2)c2c(N)ncnc21. The first-order valence-corrected chi connectivity index (χ1v) is 10.8. The van der Waals surface area contributed by atoms with Gasteiger partial charge in [-0.1, -0.05) is 35.9 Å². The Hall–Kier alpha value is -3.97. The van der Waals surface area contributed by atoms with Crippen LogP contribution in [0.4, 0.5) is 5.82 Å². The van der Waals surface area contributed by atoms with Crippen molar-refractivity contribution >= 4 is 45.2 Å². The molecule has 0 atom stereocenters. The monoisotopic (exact) mass is 457 g/mol. The Balaban J connectivity index is 1.51. The van der Waals surface area contributed by atoms with E-state index in [1.54, 1.807) is 30.3 Å². The van der Waals surface area contributed by atoms with Crippen LogP contribution in [-0.2, 0) is 0 Å². The quantitative estimate of drug-likeness (QED) is 0.275. The molecule has 0 saturated carbocycles. The van der Waals surface area contributed by atoms with Gasteiger partial charge < -0.3 is 10.5 Å². The highest BCUT2D eigenvalue weighted by Gasteiger charge is 2.18. The number of fused-ring (bicyclic) bond motifs is 2. The number of nitrogen functional groups attached to an aromatic ring is 1. The minimum atomic E-state index is -0.463. The fourth-order valence-corrected chi connectivity index (χ4v) is 3.96. The van der Waals surface area contributed by atoms with Crippen LogP contribution in [0.25, 0.3) is 33.1 Å². The Morgan fingerprint density at radius 2 is 1.82 bits per heavy atom. The van der Waals surface area contributed by atoms with Crippen molar-refractivity contribution < 1.29 is 9.53 Å². The highest BCUT2D eigenvalue weighted by atomic mass is 35.5. The van der Waals surface area contributed by atoms with Crippen molar-refractivity contribution in [2.24, 2.45) is 0 Å². The molecule has 0 bridgehead atoms. The van der Waals surface area contributed by atoms with Gasteiger partial charge in [-0.2, -0.15) is 5.10 Å². The summed E-state index contributed by atoms with van der Waals surface area (Å²) in [5.74, 6) is 0.382. The molecular formula is C25H20ClN5O2. The number of benzene rings is 3. The lowest BCUT2D eigenvalue weighted by Gasteiger charge is -2.07. The standard InChI is InChI=1S/C25H20ClN5O2/c1-14(2)31-24-21(23(27)28-13-29-24)22(30-31)17-7-6-16-12-20(9-8-15(16)10-17)33-25(32)18-4-3-5-19(26)11-18/h3-14H,1-2H3,(H2,27,28,29). The number of aromatic nitrogens is 4. The normalized spacial score (nSPS) is 11.4. The predicted octanol–water partition coefficient (Wildman–Crippen LogP) is 5.68. The Morgan fingerprint density at radius 1 is 1.03 bits per heavy atom. The number of rotatable bonds is 4. The van der Waals surface area contributed by atoms with Crippen LogP contribution in [0, 0.1) is 0 Å². The first-order valence-electron chi connectivity index (χ1n) is 10.4. The number of carbonyl (C=O) groups excluding carboxylic acids is 1. The van der Waals surface area contributed by atoms with Crippen LogP contribution in [0.1, 0.15) is 30.2 Å². The van der Waals surface area contributed by atoms with Crippen molar-refractivity contribution in [1.29, 1.82) is 0 Å². The van der Waals surface area contributed by atoms with Crippen molar-refractivity contribution in [3.63, 3.8) is 0 Å². The van der Waals surface area contributed by atoms with Gasteiger partial charge in [0.25, 0.3) is 0 Å². The summed E-state index contributed by atoms with van der Waals surface area (Å²) in [6.07, 6.45) is 1.45. The van der Waals surface area contributed by atoms with Crippen LogP contribution in [-0.4, -0.2) is 25.7 Å². The number of ether oxygens (including phenoxy) is 1. The number of nitrogens with zero attached hydrogens (tertiary/aromatic N) is 4. The first-order chi connectivity index (χ1) is 15.9. The van der Waals surface area contributed by atoms with Crippen molar-refractivity contribution in [3.8, 4) is 17.0 Å². The molecule has 5 rings (SSSR count). The van der Waals surface area contributed by atoms with Crippen LogP contribution in [0.3, 0.4) is 0 Å². The molecule has 164 valence electrons. The number of hydrogen-bond acceptors (Lipinski definition) is 6. The summed E-state index contributed by atoms with van der Waals surface area (Å²) in [5.41, 5.74) is 8.91. The number of hydrogen-bond donors (Lipinski definition) is 1. The highest BCUT2D eigenvalue weighted by Crippen LogP contribution is 2.33. The lowest BCUT2D eigenvalue weighted by molar-refractivity contribution is 0.0735. The second kappa shape index (κ2) is 8.18. The molecule has 5 aromatic rings. The zero-order valence-electron chi connectivity index (χ0n) is 18.0. The van der Waals surface area contributed by atoms with Gasteiger partial charge in [0.05, 0.1) is 10.9 Å². The molecule has 0 spiro atoms. The van der Waals surface area contributed by atoms with Gasteiger partial charge in [0, 0.05) is 16.6 Å². The molecule has 2 N–H and O–H groups in total. The van der Waals surface area contributed by atoms with E-state index in [4.69, 9.17) is 27.2 Å². The third kappa shape index (κ3) is 3.87. The van der Waals surface area contributed by atoms with E-state index in [9.17, 15) is 4.79 Å². The van der Waals surface area contributed by atoms with E-state index >= 15 is 0 Å². The minimum Gasteiger partial charge on any atom is -0.423 e. The van der Waals surface area contributed by atoms with Gasteiger partial charge in [0.2, 0.25) is 0 Å². The number of anilines is 1. The van der Waals surface area contributed by atoms with Crippen molar-refractivity contribution in [2.45, 2.75) is 19.9 Å². The molecule has 0 fully saturated rings. The predicted molar refractivity (Wildman–Crippen MR) is 129 cm³/mol. The number of nitrogens with two attached hydrogens (primary N) is 1. The third-order valence-electron chi connectivity index (χ3n) is 5.36. The minimum absolute atomic E-state index is 0.118. The smallest absolute Gasteiger partial charge is 0.343 e. The highest BCUT2D eigenvalue weighted by molar-refractivity contribution is 6.30. The van der Waals surface area contributed by atoms with Crippen molar-refractivity contribution in [1.82, 2.24) is 19.7 Å². The molecule has 3 aromatic carbocycles. The maximum atomic E-state index is 12.4. The summed E-state index contributed by atoms with van der Waals surface area (Å²) in [6.45, 7) is 4.09. The van der Waals surface area contributed by atoms with Gasteiger partial charge in [0.15, 0.2) is 5.65 Å². The molecule has 0 radical (unpaired) electrons. The van der Waals surface area contributed by atoms with Crippen LogP contribution in [0.15, 0.2) is 67.0 Å². The molecule has 33 heavy (non-hydrogen) atoms. The Bertz CT molecular complexity index is 1530. The fraction of sp³-hybridized carbons (Fsp3) is 0.120. The summed E-state index contributed by atoms with van der Waals surface area (Å²) < 4.78 is 7.39. The van der Waals surface area contributed by atoms with Gasteiger partial charge in [0.1, 0.15) is 23.6 Å². The molecular weight excluding hydrogens is 438 g/mol. The van der Waals surface area contributed by atoms with E-state index < -0.39 is 5.97 Å². The summed E-state index contributed by atoms with van der Waals surface area (Å²) in [4.78, 5) is 21.0. The fourth-order valence-electron chi connectivity index (χ4n) is 3.77. The summed E-state index contributed by atoms with van der Waals surface area (Å²) in [7, 11) is 0. The topological polar surface area (TPSA) is 95.9 Å². The Kier molecular flexibility index (Phi) is 5.18. The van der Waals surface area contributed by atoms with E-state index in [1.807, 2.05) is 48.9 Å². The maximum Gasteiger partial charge on any atom is 0.343 e. The van der Waals surface area contributed by atoms with Crippen LogP contribution < -0.4 is 10.5 Å². The van der Waals surface area contributed by atoms with Gasteiger partial charge in [-0.3, -0.25) is 0 Å². The summed E-state index contributed by atoms with van der Waals surface area (Å²) >= 11 is 5.97. The van der Waals surface area contributed by atoms with Crippen LogP contribution in [0.2, 0.25) is 5.02 Å². The zero-order valence-corrected chi connectivity index (χ0v) is 18.7. The molecule has 2 aromatic heterocycles. The second-order valence-electron chi connectivity index (χ2n) is 7.97. The largest absolute Gasteiger partial charge is 0.423 e. The van der Waals surface area contributed by atoms with Gasteiger partial charge >= 0.3 is 5.97 Å². The Labute approximate surface area is 194 Å².